The van der Waals surface area contributed by atoms with Gasteiger partial charge >= 0.3 is 0 Å². The Morgan fingerprint density at radius 3 is 2.91 bits per heavy atom. The molecule has 112 valence electrons. The number of pyridine rings is 1. The lowest BCUT2D eigenvalue weighted by Gasteiger charge is -2.23. The molecule has 0 N–H and O–H groups in total. The van der Waals surface area contributed by atoms with E-state index in [1.54, 1.807) is 0 Å². The molecule has 1 aliphatic rings. The van der Waals surface area contributed by atoms with E-state index >= 15 is 0 Å². The highest BCUT2D eigenvalue weighted by Crippen LogP contribution is 2.34. The third-order valence-electron chi connectivity index (χ3n) is 4.31. The van der Waals surface area contributed by atoms with E-state index in [1.165, 1.54) is 6.42 Å². The monoisotopic (exact) mass is 312 g/mol. The number of aromatic nitrogens is 3. The summed E-state index contributed by atoms with van der Waals surface area (Å²) in [7, 11) is 2.16. The molecule has 5 heteroatoms. The Bertz CT molecular complexity index is 826. The first kappa shape index (κ1) is 13.7. The van der Waals surface area contributed by atoms with Crippen molar-refractivity contribution in [1.82, 2.24) is 19.4 Å². The quantitative estimate of drug-likeness (QED) is 0.718. The van der Waals surface area contributed by atoms with E-state index < -0.39 is 0 Å². The summed E-state index contributed by atoms with van der Waals surface area (Å²) in [6.07, 6.45) is 4.44. The fraction of sp³-hybridized carbons (Fsp3) is 0.294. The summed E-state index contributed by atoms with van der Waals surface area (Å²) in [6.45, 7) is 1.10. The van der Waals surface area contributed by atoms with Gasteiger partial charge in [0.25, 0.3) is 0 Å². The van der Waals surface area contributed by atoms with Gasteiger partial charge in [0.15, 0.2) is 5.65 Å². The predicted molar refractivity (Wildman–Crippen MR) is 88.9 cm³/mol. The van der Waals surface area contributed by atoms with Gasteiger partial charge in [0, 0.05) is 16.8 Å². The van der Waals surface area contributed by atoms with Crippen LogP contribution in [0.1, 0.15) is 19.0 Å². The van der Waals surface area contributed by atoms with Crippen molar-refractivity contribution in [3.63, 3.8) is 0 Å². The van der Waals surface area contributed by atoms with Gasteiger partial charge in [-0.25, -0.2) is 9.97 Å². The molecular formula is C17H17ClN4. The molecule has 0 spiro atoms. The maximum atomic E-state index is 6.17. The minimum absolute atomic E-state index is 0.300. The highest BCUT2D eigenvalue weighted by Gasteiger charge is 2.27. The molecule has 1 fully saturated rings. The van der Waals surface area contributed by atoms with Crippen molar-refractivity contribution in [2.45, 2.75) is 19.0 Å². The zero-order valence-corrected chi connectivity index (χ0v) is 13.2. The van der Waals surface area contributed by atoms with Crippen molar-refractivity contribution in [2.75, 3.05) is 13.6 Å². The molecule has 0 radical (unpaired) electrons. The first-order valence-electron chi connectivity index (χ1n) is 7.53. The lowest BCUT2D eigenvalue weighted by molar-refractivity contribution is 0.244. The van der Waals surface area contributed by atoms with Gasteiger partial charge < -0.3 is 0 Å². The number of likely N-dealkylation sites (tertiary alicyclic amines) is 1. The molecule has 2 aromatic heterocycles. The molecule has 1 aromatic carbocycles. The molecule has 4 nitrogen and oxygen atoms in total. The Morgan fingerprint density at radius 2 is 2.14 bits per heavy atom. The maximum Gasteiger partial charge on any atom is 0.161 e. The van der Waals surface area contributed by atoms with E-state index in [2.05, 4.69) is 27.6 Å². The number of imidazole rings is 1. The second-order valence-corrected chi connectivity index (χ2v) is 6.20. The van der Waals surface area contributed by atoms with Crippen LogP contribution in [0.5, 0.6) is 0 Å². The molecule has 3 aromatic rings. The van der Waals surface area contributed by atoms with Crippen molar-refractivity contribution in [3.05, 3.63) is 47.6 Å². The lowest BCUT2D eigenvalue weighted by Crippen LogP contribution is -2.24. The summed E-state index contributed by atoms with van der Waals surface area (Å²) in [6, 6.07) is 11.8. The van der Waals surface area contributed by atoms with Crippen molar-refractivity contribution in [3.8, 4) is 11.4 Å². The molecule has 0 aliphatic carbocycles. The smallest absolute Gasteiger partial charge is 0.161 e. The average Bonchev–Trinajstić information content (AvgIpc) is 3.10. The van der Waals surface area contributed by atoms with Crippen molar-refractivity contribution in [1.29, 1.82) is 0 Å². The summed E-state index contributed by atoms with van der Waals surface area (Å²) in [5, 5.41) is 0.726. The number of rotatable bonds is 2. The van der Waals surface area contributed by atoms with Crippen LogP contribution in [0.15, 0.2) is 42.6 Å². The Labute approximate surface area is 134 Å². The van der Waals surface area contributed by atoms with Gasteiger partial charge in [-0.3, -0.25) is 9.47 Å². The summed E-state index contributed by atoms with van der Waals surface area (Å²) >= 11 is 6.17. The normalized spacial score (nSPS) is 19.1. The SMILES string of the molecule is CN1CCCC1n1c(-c2cccc(Cl)c2)nc2cccnc21. The first-order valence-corrected chi connectivity index (χ1v) is 7.91. The van der Waals surface area contributed by atoms with Crippen molar-refractivity contribution < 1.29 is 0 Å². The number of benzene rings is 1. The number of hydrogen-bond acceptors (Lipinski definition) is 3. The molecule has 1 saturated heterocycles. The number of fused-ring (bicyclic) bond motifs is 1. The van der Waals surface area contributed by atoms with Crippen LogP contribution in [0.2, 0.25) is 5.02 Å². The molecule has 4 rings (SSSR count). The lowest BCUT2D eigenvalue weighted by atomic mass is 10.2. The standard InChI is InChI=1S/C17H17ClN4/c1-21-10-4-8-15(21)22-16(12-5-2-6-13(18)11-12)20-14-7-3-9-19-17(14)22/h2-3,5-7,9,11,15H,4,8,10H2,1H3. The molecule has 0 saturated carbocycles. The molecular weight excluding hydrogens is 296 g/mol. The maximum absolute atomic E-state index is 6.17. The number of nitrogens with zero attached hydrogens (tertiary/aromatic N) is 4. The molecule has 0 bridgehead atoms. The van der Waals surface area contributed by atoms with E-state index in [1.807, 2.05) is 36.5 Å². The molecule has 1 aliphatic heterocycles. The van der Waals surface area contributed by atoms with Gasteiger partial charge in [-0.2, -0.15) is 0 Å². The largest absolute Gasteiger partial charge is 0.292 e. The molecule has 3 heterocycles. The Kier molecular flexibility index (Phi) is 3.36. The number of halogens is 1. The predicted octanol–water partition coefficient (Wildman–Crippen LogP) is 3.98. The summed E-state index contributed by atoms with van der Waals surface area (Å²) in [4.78, 5) is 11.8. The second kappa shape index (κ2) is 5.38. The topological polar surface area (TPSA) is 34.0 Å². The third-order valence-corrected chi connectivity index (χ3v) is 4.55. The summed E-state index contributed by atoms with van der Waals surface area (Å²) < 4.78 is 2.26. The van der Waals surface area contributed by atoms with Crippen LogP contribution in [0, 0.1) is 0 Å². The van der Waals surface area contributed by atoms with Gasteiger partial charge in [0.05, 0.1) is 6.17 Å². The van der Waals surface area contributed by atoms with E-state index in [9.17, 15) is 0 Å². The van der Waals surface area contributed by atoms with Crippen LogP contribution in [-0.4, -0.2) is 33.0 Å². The fourth-order valence-electron chi connectivity index (χ4n) is 3.26. The Balaban J connectivity index is 1.97. The van der Waals surface area contributed by atoms with Gasteiger partial charge in [0.1, 0.15) is 11.3 Å². The van der Waals surface area contributed by atoms with Crippen LogP contribution in [-0.2, 0) is 0 Å². The first-order chi connectivity index (χ1) is 10.7. The molecule has 1 atom stereocenters. The van der Waals surface area contributed by atoms with Crippen molar-refractivity contribution >= 4 is 22.8 Å². The second-order valence-electron chi connectivity index (χ2n) is 5.77. The Hall–Kier alpha value is -1.91. The highest BCUT2D eigenvalue weighted by atomic mass is 35.5. The highest BCUT2D eigenvalue weighted by molar-refractivity contribution is 6.30. The fourth-order valence-corrected chi connectivity index (χ4v) is 3.45. The van der Waals surface area contributed by atoms with Crippen LogP contribution in [0.4, 0.5) is 0 Å². The molecule has 0 amide bonds. The molecule has 1 unspecified atom stereocenters. The number of hydrogen-bond donors (Lipinski definition) is 0. The van der Waals surface area contributed by atoms with Crippen LogP contribution in [0.3, 0.4) is 0 Å². The van der Waals surface area contributed by atoms with E-state index in [4.69, 9.17) is 16.6 Å². The minimum atomic E-state index is 0.300. The van der Waals surface area contributed by atoms with Crippen LogP contribution < -0.4 is 0 Å². The zero-order valence-electron chi connectivity index (χ0n) is 12.4. The minimum Gasteiger partial charge on any atom is -0.292 e. The van der Waals surface area contributed by atoms with Gasteiger partial charge in [0.2, 0.25) is 0 Å². The van der Waals surface area contributed by atoms with E-state index in [-0.39, 0.29) is 0 Å². The summed E-state index contributed by atoms with van der Waals surface area (Å²) in [5.74, 6) is 0.940. The van der Waals surface area contributed by atoms with Gasteiger partial charge in [-0.05, 0) is 50.7 Å². The van der Waals surface area contributed by atoms with E-state index in [0.717, 1.165) is 40.5 Å². The summed E-state index contributed by atoms with van der Waals surface area (Å²) in [5.41, 5.74) is 2.90. The Morgan fingerprint density at radius 1 is 1.23 bits per heavy atom. The van der Waals surface area contributed by atoms with Crippen LogP contribution >= 0.6 is 11.6 Å². The van der Waals surface area contributed by atoms with Crippen molar-refractivity contribution in [2.24, 2.45) is 0 Å². The van der Waals surface area contributed by atoms with Crippen LogP contribution in [0.25, 0.3) is 22.6 Å². The third kappa shape index (κ3) is 2.19. The molecule has 22 heavy (non-hydrogen) atoms. The van der Waals surface area contributed by atoms with Gasteiger partial charge in [-0.15, -0.1) is 0 Å². The average molecular weight is 313 g/mol. The van der Waals surface area contributed by atoms with Gasteiger partial charge in [-0.1, -0.05) is 23.7 Å². The van der Waals surface area contributed by atoms with E-state index in [0.29, 0.717) is 6.17 Å². The zero-order chi connectivity index (χ0) is 15.1.